The molecule has 13 nitrogen and oxygen atoms in total. The van der Waals surface area contributed by atoms with Crippen molar-refractivity contribution in [2.24, 2.45) is 0 Å². The summed E-state index contributed by atoms with van der Waals surface area (Å²) in [4.78, 5) is 9.98. The Morgan fingerprint density at radius 1 is 0.650 bits per heavy atom. The minimum Gasteiger partial charge on any atom is -1.00 e. The van der Waals surface area contributed by atoms with Gasteiger partial charge in [-0.1, -0.05) is 0 Å². The molecule has 0 saturated carbocycles. The molecule has 0 unspecified atom stereocenters. The Morgan fingerprint density at radius 2 is 0.800 bits per heavy atom. The fraction of sp³-hybridized carbons (Fsp3) is 0. The zero-order valence-corrected chi connectivity index (χ0v) is 10.5. The molecule has 20 heavy (non-hydrogen) atoms. The smallest absolute Gasteiger partial charge is 1.00 e. The summed E-state index contributed by atoms with van der Waals surface area (Å²) < 4.78 is 6.98. The predicted octanol–water partition coefficient (Wildman–Crippen LogP) is -12.8. The van der Waals surface area contributed by atoms with E-state index in [1.807, 2.05) is 0 Å². The molecule has 0 aliphatic rings. The molecule has 0 radical (unpaired) electrons. The summed E-state index contributed by atoms with van der Waals surface area (Å²) in [5.74, 6) is 0. The molecule has 0 aliphatic carbocycles. The third-order valence-corrected chi connectivity index (χ3v) is 0.403. The van der Waals surface area contributed by atoms with Crippen molar-refractivity contribution >= 4 is 35.4 Å². The van der Waals surface area contributed by atoms with E-state index >= 15 is 0 Å². The Morgan fingerprint density at radius 3 is 0.900 bits per heavy atom. The zero-order valence-electron chi connectivity index (χ0n) is 12.5. The SMILES string of the molecule is O=C(OB(O)O)OB(O)O.OB(O)O.OB(O)O.[H-].[H-].[Li+].[Li+]. The first-order valence-electron chi connectivity index (χ1n) is 3.67. The van der Waals surface area contributed by atoms with Gasteiger partial charge in [0, 0.05) is 0 Å². The van der Waals surface area contributed by atoms with Crippen LogP contribution >= 0.6 is 0 Å². The molecule has 0 aromatic rings. The molecule has 10 N–H and O–H groups in total. The molecule has 0 amide bonds. The van der Waals surface area contributed by atoms with E-state index in [4.69, 9.17) is 50.2 Å². The van der Waals surface area contributed by atoms with Crippen molar-refractivity contribution < 1.29 is 105 Å². The topological polar surface area (TPSA) is 238 Å². The van der Waals surface area contributed by atoms with Crippen LogP contribution < -0.4 is 37.7 Å². The molecule has 19 heteroatoms. The van der Waals surface area contributed by atoms with Crippen LogP contribution in [0.15, 0.2) is 0 Å². The van der Waals surface area contributed by atoms with Crippen molar-refractivity contribution in [1.82, 2.24) is 0 Å². The second-order valence-electron chi connectivity index (χ2n) is 1.83. The molecule has 0 atom stereocenters. The van der Waals surface area contributed by atoms with Gasteiger partial charge in [-0.3, -0.25) is 0 Å². The van der Waals surface area contributed by atoms with Crippen molar-refractivity contribution in [3.05, 3.63) is 0 Å². The summed E-state index contributed by atoms with van der Waals surface area (Å²) in [6, 6.07) is 0. The summed E-state index contributed by atoms with van der Waals surface area (Å²) in [7, 11) is -8.99. The zero-order chi connectivity index (χ0) is 15.3. The molecule has 0 heterocycles. The Hall–Kier alpha value is 0.325. The molecule has 0 rings (SSSR count). The van der Waals surface area contributed by atoms with Gasteiger partial charge in [0.2, 0.25) is 0 Å². The minimum atomic E-state index is -2.33. The van der Waals surface area contributed by atoms with E-state index in [1.165, 1.54) is 0 Å². The number of rotatable bonds is 2. The quantitative estimate of drug-likeness (QED) is 0.213. The van der Waals surface area contributed by atoms with Crippen LogP contribution in [0.4, 0.5) is 4.79 Å². The molecule has 0 saturated heterocycles. The summed E-state index contributed by atoms with van der Waals surface area (Å²) in [5.41, 5.74) is 0. The molecule has 0 spiro atoms. The van der Waals surface area contributed by atoms with Gasteiger partial charge in [0.1, 0.15) is 0 Å². The van der Waals surface area contributed by atoms with E-state index in [9.17, 15) is 4.79 Å². The predicted molar refractivity (Wildman–Crippen MR) is 55.0 cm³/mol. The fourth-order valence-electron chi connectivity index (χ4n) is 0.200. The van der Waals surface area contributed by atoms with E-state index in [2.05, 4.69) is 9.31 Å². The van der Waals surface area contributed by atoms with Gasteiger partial charge < -0.3 is 62.4 Å². The van der Waals surface area contributed by atoms with Crippen LogP contribution in [-0.2, 0) is 9.31 Å². The number of hydrogen-bond acceptors (Lipinski definition) is 13. The van der Waals surface area contributed by atoms with E-state index < -0.39 is 35.4 Å². The van der Waals surface area contributed by atoms with Gasteiger partial charge in [0.15, 0.2) is 0 Å². The van der Waals surface area contributed by atoms with Gasteiger partial charge in [0.05, 0.1) is 0 Å². The fourth-order valence-corrected chi connectivity index (χ4v) is 0.200. The second-order valence-corrected chi connectivity index (χ2v) is 1.83. The van der Waals surface area contributed by atoms with Crippen LogP contribution in [0.1, 0.15) is 2.85 Å². The van der Waals surface area contributed by atoms with E-state index in [0.29, 0.717) is 0 Å². The van der Waals surface area contributed by atoms with Crippen LogP contribution in [0.25, 0.3) is 0 Å². The summed E-state index contributed by atoms with van der Waals surface area (Å²) in [5, 5.41) is 74.6. The maximum atomic E-state index is 9.98. The Labute approximate surface area is 140 Å². The monoisotopic (exact) mass is 290 g/mol. The first-order valence-corrected chi connectivity index (χ1v) is 3.67. The first-order chi connectivity index (χ1) is 7.98. The Balaban J connectivity index is -0.0000000325. The van der Waals surface area contributed by atoms with E-state index in [-0.39, 0.29) is 40.6 Å². The van der Waals surface area contributed by atoms with Gasteiger partial charge in [-0.05, 0) is 0 Å². The molecule has 0 aliphatic heterocycles. The van der Waals surface area contributed by atoms with Crippen LogP contribution in [0.3, 0.4) is 0 Å². The van der Waals surface area contributed by atoms with E-state index in [1.54, 1.807) is 0 Å². The first kappa shape index (κ1) is 32.3. The van der Waals surface area contributed by atoms with Gasteiger partial charge in [-0.2, -0.15) is 0 Å². The van der Waals surface area contributed by atoms with E-state index in [0.717, 1.165) is 0 Å². The molecular formula is CH12B4Li2O13. The normalized spacial score (nSPS) is 6.90. The van der Waals surface area contributed by atoms with Gasteiger partial charge in [0.25, 0.3) is 0 Å². The average molecular weight is 289 g/mol. The summed E-state index contributed by atoms with van der Waals surface area (Å²) in [6.07, 6.45) is -1.59. The van der Waals surface area contributed by atoms with Gasteiger partial charge in [-0.15, -0.1) is 0 Å². The largest absolute Gasteiger partial charge is 1.00 e. The molecule has 108 valence electrons. The standard InChI is InChI=1S/CH4B2O7.2BH3O3.2Li.2H/c4-1(9-2(5)6)10-3(7)8;2*2-1(3)4;;;;/h5-8H;2*2-4H;;;;/q;;;2*+1;2*-1. The van der Waals surface area contributed by atoms with Crippen molar-refractivity contribution in [1.29, 1.82) is 0 Å². The second kappa shape index (κ2) is 21.6. The number of hydrogen-bond donors (Lipinski definition) is 10. The Bertz CT molecular complexity index is 175. The maximum Gasteiger partial charge on any atom is 1.00 e. The van der Waals surface area contributed by atoms with Gasteiger partial charge >= 0.3 is 73.2 Å². The molecule has 0 bridgehead atoms. The minimum absolute atomic E-state index is 0. The van der Waals surface area contributed by atoms with Crippen molar-refractivity contribution in [2.45, 2.75) is 0 Å². The summed E-state index contributed by atoms with van der Waals surface area (Å²) in [6.45, 7) is 0. The van der Waals surface area contributed by atoms with Crippen molar-refractivity contribution in [3.8, 4) is 0 Å². The average Bonchev–Trinajstić information content (AvgIpc) is 1.96. The third kappa shape index (κ3) is 79.4. The molecule has 0 fully saturated rings. The maximum absolute atomic E-state index is 9.98. The van der Waals surface area contributed by atoms with Crippen molar-refractivity contribution in [2.75, 3.05) is 0 Å². The molecular weight excluding hydrogens is 277 g/mol. The summed E-state index contributed by atoms with van der Waals surface area (Å²) >= 11 is 0. The van der Waals surface area contributed by atoms with Gasteiger partial charge in [-0.25, -0.2) is 4.79 Å². The Kier molecular flexibility index (Phi) is 34.9. The van der Waals surface area contributed by atoms with Crippen molar-refractivity contribution in [3.63, 3.8) is 0 Å². The molecule has 0 aromatic heterocycles. The molecule has 0 aromatic carbocycles. The number of carbonyl (C=O) groups excluding carboxylic acids is 1. The van der Waals surface area contributed by atoms with Crippen LogP contribution in [0.2, 0.25) is 0 Å². The van der Waals surface area contributed by atoms with Crippen LogP contribution in [0, 0.1) is 0 Å². The third-order valence-electron chi connectivity index (χ3n) is 0.403. The number of carbonyl (C=O) groups is 1. The van der Waals surface area contributed by atoms with Crippen LogP contribution in [0.5, 0.6) is 0 Å². The van der Waals surface area contributed by atoms with Crippen LogP contribution in [-0.4, -0.2) is 85.7 Å².